The molecule has 0 aliphatic carbocycles. The molecule has 20 heavy (non-hydrogen) atoms. The van der Waals surface area contributed by atoms with Gasteiger partial charge in [-0.15, -0.1) is 0 Å². The number of nitrogens with zero attached hydrogens (tertiary/aromatic N) is 3. The maximum absolute atomic E-state index is 12.5. The van der Waals surface area contributed by atoms with E-state index in [1.807, 2.05) is 11.8 Å². The van der Waals surface area contributed by atoms with Gasteiger partial charge in [-0.05, 0) is 26.3 Å². The Morgan fingerprint density at radius 1 is 1.30 bits per heavy atom. The molecular weight excluding hydrogens is 254 g/mol. The third-order valence-electron chi connectivity index (χ3n) is 4.65. The third-order valence-corrected chi connectivity index (χ3v) is 4.65. The summed E-state index contributed by atoms with van der Waals surface area (Å²) in [6.07, 6.45) is 0.812. The Balaban J connectivity index is 2.27. The summed E-state index contributed by atoms with van der Waals surface area (Å²) in [5.74, 6) is -0.0980. The van der Waals surface area contributed by atoms with Crippen LogP contribution in [0.2, 0.25) is 0 Å². The van der Waals surface area contributed by atoms with Gasteiger partial charge in [-0.3, -0.25) is 9.59 Å². The van der Waals surface area contributed by atoms with Crippen molar-refractivity contribution in [3.05, 3.63) is 28.2 Å². The first kappa shape index (κ1) is 14.8. The van der Waals surface area contributed by atoms with E-state index < -0.39 is 0 Å². The molecule has 2 rings (SSSR count). The van der Waals surface area contributed by atoms with E-state index in [9.17, 15) is 9.59 Å². The lowest BCUT2D eigenvalue weighted by atomic mass is 9.65. The second-order valence-corrected chi connectivity index (χ2v) is 6.61. The molecule has 2 heterocycles. The van der Waals surface area contributed by atoms with Gasteiger partial charge in [0, 0.05) is 30.1 Å². The zero-order valence-corrected chi connectivity index (χ0v) is 12.9. The van der Waals surface area contributed by atoms with Crippen LogP contribution in [0.1, 0.15) is 51.5 Å². The zero-order chi connectivity index (χ0) is 15.1. The van der Waals surface area contributed by atoms with Crippen LogP contribution in [-0.2, 0) is 6.54 Å². The second-order valence-electron chi connectivity index (χ2n) is 6.61. The smallest absolute Gasteiger partial charge is 0.274 e. The van der Waals surface area contributed by atoms with E-state index in [4.69, 9.17) is 0 Å². The maximum Gasteiger partial charge on any atom is 0.274 e. The molecule has 1 aliphatic heterocycles. The van der Waals surface area contributed by atoms with Crippen LogP contribution in [0, 0.1) is 5.41 Å². The minimum absolute atomic E-state index is 0.0977. The monoisotopic (exact) mass is 277 g/mol. The van der Waals surface area contributed by atoms with Crippen molar-refractivity contribution in [2.24, 2.45) is 5.41 Å². The van der Waals surface area contributed by atoms with Crippen molar-refractivity contribution in [3.8, 4) is 0 Å². The number of rotatable bonds is 3. The Labute approximate surface area is 119 Å². The van der Waals surface area contributed by atoms with Gasteiger partial charge in [-0.1, -0.05) is 20.8 Å². The largest absolute Gasteiger partial charge is 0.331 e. The minimum Gasteiger partial charge on any atom is -0.331 e. The van der Waals surface area contributed by atoms with Crippen LogP contribution >= 0.6 is 0 Å². The minimum atomic E-state index is -0.197. The van der Waals surface area contributed by atoms with Gasteiger partial charge in [0.05, 0.1) is 0 Å². The molecule has 0 aromatic carbocycles. The van der Waals surface area contributed by atoms with E-state index in [-0.39, 0.29) is 22.4 Å². The molecule has 0 saturated carbocycles. The average Bonchev–Trinajstić information content (AvgIpc) is 2.38. The first-order chi connectivity index (χ1) is 9.20. The van der Waals surface area contributed by atoms with Crippen molar-refractivity contribution in [2.45, 2.75) is 53.1 Å². The Bertz CT molecular complexity index is 587. The average molecular weight is 277 g/mol. The lowest BCUT2D eigenvalue weighted by molar-refractivity contribution is -0.0885. The molecule has 110 valence electrons. The van der Waals surface area contributed by atoms with E-state index in [0.29, 0.717) is 18.8 Å². The Morgan fingerprint density at radius 2 is 1.95 bits per heavy atom. The SMILES string of the molecule is CCCn1nc(C(=O)N2CC(C)(C)C2(C)C)ccc1=O. The normalized spacial score (nSPS) is 19.6. The van der Waals surface area contributed by atoms with Gasteiger partial charge in [-0.25, -0.2) is 4.68 Å². The lowest BCUT2D eigenvalue weighted by Crippen LogP contribution is -2.70. The van der Waals surface area contributed by atoms with E-state index >= 15 is 0 Å². The summed E-state index contributed by atoms with van der Waals surface area (Å²) in [5.41, 5.74) is 0.0890. The fourth-order valence-corrected chi connectivity index (χ4v) is 2.46. The summed E-state index contributed by atoms with van der Waals surface area (Å²) in [5, 5.41) is 4.19. The van der Waals surface area contributed by atoms with Gasteiger partial charge in [0.2, 0.25) is 0 Å². The summed E-state index contributed by atoms with van der Waals surface area (Å²) in [6, 6.07) is 2.95. The quantitative estimate of drug-likeness (QED) is 0.848. The van der Waals surface area contributed by atoms with Crippen LogP contribution < -0.4 is 5.56 Å². The van der Waals surface area contributed by atoms with Gasteiger partial charge >= 0.3 is 0 Å². The first-order valence-electron chi connectivity index (χ1n) is 7.11. The number of carbonyl (C=O) groups excluding carboxylic acids is 1. The van der Waals surface area contributed by atoms with Crippen molar-refractivity contribution in [1.29, 1.82) is 0 Å². The van der Waals surface area contributed by atoms with E-state index in [0.717, 1.165) is 6.42 Å². The Hall–Kier alpha value is -1.65. The number of hydrogen-bond donors (Lipinski definition) is 0. The van der Waals surface area contributed by atoms with Gasteiger partial charge in [0.25, 0.3) is 11.5 Å². The predicted octanol–water partition coefficient (Wildman–Crippen LogP) is 1.91. The van der Waals surface area contributed by atoms with Crippen LogP contribution in [0.5, 0.6) is 0 Å². The van der Waals surface area contributed by atoms with Gasteiger partial charge in [-0.2, -0.15) is 5.10 Å². The molecule has 0 atom stereocenters. The van der Waals surface area contributed by atoms with Gasteiger partial charge in [0.1, 0.15) is 5.69 Å². The molecule has 1 saturated heterocycles. The van der Waals surface area contributed by atoms with Crippen LogP contribution in [0.4, 0.5) is 0 Å². The summed E-state index contributed by atoms with van der Waals surface area (Å²) in [4.78, 5) is 26.0. The van der Waals surface area contributed by atoms with E-state index in [1.54, 1.807) is 0 Å². The van der Waals surface area contributed by atoms with Crippen molar-refractivity contribution in [3.63, 3.8) is 0 Å². The molecule has 5 nitrogen and oxygen atoms in total. The predicted molar refractivity (Wildman–Crippen MR) is 77.7 cm³/mol. The number of likely N-dealkylation sites (tertiary alicyclic amines) is 1. The van der Waals surface area contributed by atoms with Crippen molar-refractivity contribution < 1.29 is 4.79 Å². The molecule has 1 fully saturated rings. The molecule has 1 aliphatic rings. The van der Waals surface area contributed by atoms with Crippen molar-refractivity contribution >= 4 is 5.91 Å². The van der Waals surface area contributed by atoms with Crippen LogP contribution in [0.15, 0.2) is 16.9 Å². The summed E-state index contributed by atoms with van der Waals surface area (Å²) in [6.45, 7) is 11.7. The standard InChI is InChI=1S/C15H23N3O2/c1-6-9-18-12(19)8-7-11(16-18)13(20)17-10-14(2,3)15(17,4)5/h7-8H,6,9-10H2,1-5H3. The molecule has 1 amide bonds. The van der Waals surface area contributed by atoms with Gasteiger partial charge < -0.3 is 4.90 Å². The van der Waals surface area contributed by atoms with Crippen LogP contribution in [0.25, 0.3) is 0 Å². The summed E-state index contributed by atoms with van der Waals surface area (Å²) >= 11 is 0. The van der Waals surface area contributed by atoms with E-state index in [1.165, 1.54) is 16.8 Å². The molecule has 1 aromatic heterocycles. The molecule has 0 N–H and O–H groups in total. The highest BCUT2D eigenvalue weighted by Gasteiger charge is 2.54. The highest BCUT2D eigenvalue weighted by atomic mass is 16.2. The molecule has 0 spiro atoms. The lowest BCUT2D eigenvalue weighted by Gasteiger charge is -2.61. The highest BCUT2D eigenvalue weighted by molar-refractivity contribution is 5.93. The molecular formula is C15H23N3O2. The van der Waals surface area contributed by atoms with Crippen LogP contribution in [0.3, 0.4) is 0 Å². The third kappa shape index (κ3) is 2.15. The number of amides is 1. The topological polar surface area (TPSA) is 55.2 Å². The molecule has 1 aromatic rings. The fourth-order valence-electron chi connectivity index (χ4n) is 2.46. The molecule has 0 radical (unpaired) electrons. The number of aromatic nitrogens is 2. The first-order valence-corrected chi connectivity index (χ1v) is 7.11. The van der Waals surface area contributed by atoms with E-state index in [2.05, 4.69) is 32.8 Å². The summed E-state index contributed by atoms with van der Waals surface area (Å²) < 4.78 is 1.37. The molecule has 0 bridgehead atoms. The summed E-state index contributed by atoms with van der Waals surface area (Å²) in [7, 11) is 0. The zero-order valence-electron chi connectivity index (χ0n) is 12.9. The highest BCUT2D eigenvalue weighted by Crippen LogP contribution is 2.46. The maximum atomic E-state index is 12.5. The van der Waals surface area contributed by atoms with Gasteiger partial charge in [0.15, 0.2) is 0 Å². The molecule has 5 heteroatoms. The number of carbonyl (C=O) groups is 1. The Morgan fingerprint density at radius 3 is 2.45 bits per heavy atom. The molecule has 0 unspecified atom stereocenters. The Kier molecular flexibility index (Phi) is 3.48. The second kappa shape index (κ2) is 4.72. The fraction of sp³-hybridized carbons (Fsp3) is 0.667. The number of hydrogen-bond acceptors (Lipinski definition) is 3. The van der Waals surface area contributed by atoms with Crippen LogP contribution in [-0.4, -0.2) is 32.7 Å². The van der Waals surface area contributed by atoms with Crippen molar-refractivity contribution in [1.82, 2.24) is 14.7 Å². The van der Waals surface area contributed by atoms with Crippen molar-refractivity contribution in [2.75, 3.05) is 6.54 Å². The number of aryl methyl sites for hydroxylation is 1.